The highest BCUT2D eigenvalue weighted by molar-refractivity contribution is 6.03. The quantitative estimate of drug-likeness (QED) is 0.128. The zero-order valence-electron chi connectivity index (χ0n) is 46.1. The minimum atomic E-state index is -0.751. The number of nitrogens with one attached hydrogen (secondary N) is 1. The molecule has 3 fully saturated rings. The van der Waals surface area contributed by atoms with Gasteiger partial charge in [-0.2, -0.15) is 0 Å². The van der Waals surface area contributed by atoms with Crippen LogP contribution in [0.4, 0.5) is 20.2 Å². The van der Waals surface area contributed by atoms with Gasteiger partial charge in [-0.1, -0.05) is 48.5 Å². The number of likely N-dealkylation sites (tertiary alicyclic amines) is 1. The number of carbonyl (C=O) groups excluding carboxylic acids is 2. The molecule has 19 heteroatoms. The van der Waals surface area contributed by atoms with Gasteiger partial charge in [0.25, 0.3) is 5.91 Å². The van der Waals surface area contributed by atoms with E-state index in [0.29, 0.717) is 78.4 Å². The van der Waals surface area contributed by atoms with E-state index < -0.39 is 34.4 Å². The van der Waals surface area contributed by atoms with E-state index in [1.807, 2.05) is 87.2 Å². The standard InChI is InChI=1S/C35H33FN6O3.C30H23FN4O4/c1-40-13-4-7-24(40)8-10-39-35(44)26-20-42-29-15-21-5-2-3-6-22(21)16-30(29)45-34-31(42)25(33(26)43)17-27(36)32(34)41-14-9-23(19-41)28-18-37-11-12-38-28;1-2-38-30(37)21-16-35-24-11-17-5-3-4-6-18(17)12-25(24)39-29-26(35)20(28(21)36)13-22(31)27(29)34-10-7-19(15-34)23-14-32-8-9-33-23/h2-3,5-6,11-12,15-18,20,23-24H,4,7-10,13-14,19H2,1H3,(H,39,44);3-6,8-9,11-14,16,19H,2,7,10,15H2,1H3/t23?,24-;/m0./s1. The van der Waals surface area contributed by atoms with Crippen LogP contribution in [0.3, 0.4) is 0 Å². The van der Waals surface area contributed by atoms with E-state index in [0.717, 1.165) is 71.6 Å². The third-order valence-electron chi connectivity index (χ3n) is 17.1. The lowest BCUT2D eigenvalue weighted by Gasteiger charge is -2.29. The molecule has 2 unspecified atom stereocenters. The minimum Gasteiger partial charge on any atom is -0.462 e. The van der Waals surface area contributed by atoms with Crippen molar-refractivity contribution >= 4 is 66.6 Å². The van der Waals surface area contributed by atoms with Crippen LogP contribution < -0.4 is 35.4 Å². The van der Waals surface area contributed by atoms with Gasteiger partial charge in [0.1, 0.15) is 33.5 Å². The Hall–Kier alpha value is -9.62. The first kappa shape index (κ1) is 52.5. The van der Waals surface area contributed by atoms with Crippen molar-refractivity contribution in [2.45, 2.75) is 56.9 Å². The molecule has 15 rings (SSSR count). The van der Waals surface area contributed by atoms with Crippen LogP contribution in [0.1, 0.15) is 83.0 Å². The zero-order valence-corrected chi connectivity index (χ0v) is 46.1. The van der Waals surface area contributed by atoms with Crippen LogP contribution in [0.5, 0.6) is 23.0 Å². The molecule has 0 radical (unpaired) electrons. The molecule has 1 amide bonds. The van der Waals surface area contributed by atoms with Crippen molar-refractivity contribution in [1.29, 1.82) is 0 Å². The third kappa shape index (κ3) is 9.09. The van der Waals surface area contributed by atoms with Gasteiger partial charge in [-0.25, -0.2) is 13.6 Å². The van der Waals surface area contributed by atoms with Gasteiger partial charge in [0.05, 0.1) is 40.1 Å². The first-order valence-corrected chi connectivity index (χ1v) is 28.4. The minimum absolute atomic E-state index is 0.0229. The molecule has 1 N–H and O–H groups in total. The molecule has 0 saturated carbocycles. The van der Waals surface area contributed by atoms with Crippen LogP contribution in [-0.4, -0.2) is 105 Å². The summed E-state index contributed by atoms with van der Waals surface area (Å²) in [4.78, 5) is 77.1. The molecule has 84 heavy (non-hydrogen) atoms. The van der Waals surface area contributed by atoms with Crippen molar-refractivity contribution in [2.75, 3.05) is 62.7 Å². The number of nitrogens with zero attached hydrogens (tertiary/aromatic N) is 9. The van der Waals surface area contributed by atoms with Crippen molar-refractivity contribution in [2.24, 2.45) is 0 Å². The summed E-state index contributed by atoms with van der Waals surface area (Å²) in [5, 5.41) is 6.98. The topological polar surface area (TPSA) is 179 Å². The molecular formula is C65H56F2N10O7. The van der Waals surface area contributed by atoms with E-state index in [4.69, 9.17) is 14.2 Å². The first-order valence-electron chi connectivity index (χ1n) is 28.4. The van der Waals surface area contributed by atoms with Crippen LogP contribution >= 0.6 is 0 Å². The number of aromatic nitrogens is 6. The van der Waals surface area contributed by atoms with E-state index in [9.17, 15) is 19.2 Å². The molecule has 422 valence electrons. The number of carbonyl (C=O) groups is 2. The number of amides is 1. The van der Waals surface area contributed by atoms with E-state index >= 15 is 8.78 Å². The highest BCUT2D eigenvalue weighted by atomic mass is 19.1. The molecule has 4 aromatic heterocycles. The smallest absolute Gasteiger partial charge is 0.343 e. The Bertz CT molecular complexity index is 4450. The Kier molecular flexibility index (Phi) is 13.3. The average Bonchev–Trinajstić information content (AvgIpc) is 1.21. The molecule has 5 aliphatic heterocycles. The number of fused-ring (bicyclic) bond motifs is 6. The molecule has 0 aliphatic carbocycles. The van der Waals surface area contributed by atoms with E-state index in [1.54, 1.807) is 54.9 Å². The van der Waals surface area contributed by atoms with Gasteiger partial charge in [-0.15, -0.1) is 0 Å². The zero-order chi connectivity index (χ0) is 57.3. The Morgan fingerprint density at radius 2 is 1.15 bits per heavy atom. The van der Waals surface area contributed by atoms with Crippen molar-refractivity contribution in [1.82, 2.24) is 39.3 Å². The second-order valence-electron chi connectivity index (χ2n) is 22.1. The van der Waals surface area contributed by atoms with Crippen LogP contribution in [0.2, 0.25) is 0 Å². The predicted molar refractivity (Wildman–Crippen MR) is 316 cm³/mol. The van der Waals surface area contributed by atoms with Crippen LogP contribution in [0.15, 0.2) is 144 Å². The van der Waals surface area contributed by atoms with Crippen molar-refractivity contribution in [3.8, 4) is 34.4 Å². The van der Waals surface area contributed by atoms with E-state index in [1.165, 1.54) is 18.3 Å². The van der Waals surface area contributed by atoms with Crippen LogP contribution in [0.25, 0.3) is 54.7 Å². The second kappa shape index (κ2) is 21.3. The summed E-state index contributed by atoms with van der Waals surface area (Å²) < 4.78 is 53.9. The second-order valence-corrected chi connectivity index (χ2v) is 22.1. The Labute approximate surface area is 479 Å². The van der Waals surface area contributed by atoms with E-state index in [-0.39, 0.29) is 57.5 Å². The fourth-order valence-corrected chi connectivity index (χ4v) is 12.9. The fraction of sp³-hybridized carbons (Fsp3) is 0.262. The van der Waals surface area contributed by atoms with Crippen molar-refractivity contribution in [3.05, 3.63) is 189 Å². The van der Waals surface area contributed by atoms with Gasteiger partial charge in [0, 0.05) is 100 Å². The summed E-state index contributed by atoms with van der Waals surface area (Å²) in [5.41, 5.74) is 3.19. The SMILES string of the molecule is CCOC(=O)c1cn2c3c(c(N4CCC(c5cnccn5)C4)c(F)cc3c1=O)Oc1cc3ccccc3cc1-2.CN1CCC[C@H]1CCNC(=O)c1cn2c3c(c(N4CCC(c5cnccn5)C4)c(F)cc3c1=O)Oc1cc3ccccc3cc1-2. The van der Waals surface area contributed by atoms with Gasteiger partial charge < -0.3 is 43.4 Å². The number of hydrogen-bond acceptors (Lipinski definition) is 14. The molecule has 3 saturated heterocycles. The van der Waals surface area contributed by atoms with Crippen LogP contribution in [0, 0.1) is 11.6 Å². The maximum atomic E-state index is 16.3. The lowest BCUT2D eigenvalue weighted by atomic mass is 10.0. The number of hydrogen-bond donors (Lipinski definition) is 1. The molecule has 0 bridgehead atoms. The summed E-state index contributed by atoms with van der Waals surface area (Å²) in [6.07, 6.45) is 17.8. The molecule has 6 aromatic carbocycles. The molecule has 5 aliphatic rings. The molecule has 9 heterocycles. The largest absolute Gasteiger partial charge is 0.462 e. The number of esters is 1. The summed E-state index contributed by atoms with van der Waals surface area (Å²) in [5.74, 6) is -0.654. The molecule has 17 nitrogen and oxygen atoms in total. The number of benzene rings is 6. The normalized spacial score (nSPS) is 17.6. The highest BCUT2D eigenvalue weighted by Gasteiger charge is 2.37. The van der Waals surface area contributed by atoms with Crippen molar-refractivity contribution < 1.29 is 32.6 Å². The summed E-state index contributed by atoms with van der Waals surface area (Å²) in [6, 6.07) is 26.4. The first-order chi connectivity index (χ1) is 41.0. The van der Waals surface area contributed by atoms with Crippen molar-refractivity contribution in [3.63, 3.8) is 0 Å². The van der Waals surface area contributed by atoms with E-state index in [2.05, 4.69) is 37.2 Å². The molecule has 0 spiro atoms. The average molecular weight is 1130 g/mol. The Balaban J connectivity index is 0.000000151. The molecule has 10 aromatic rings. The van der Waals surface area contributed by atoms with Gasteiger partial charge in [0.2, 0.25) is 10.9 Å². The van der Waals surface area contributed by atoms with Gasteiger partial charge in [-0.3, -0.25) is 34.3 Å². The maximum Gasteiger partial charge on any atom is 0.343 e. The number of anilines is 2. The molecular weight excluding hydrogens is 1070 g/mol. The summed E-state index contributed by atoms with van der Waals surface area (Å²) in [7, 11) is 2.10. The lowest BCUT2D eigenvalue weighted by molar-refractivity contribution is 0.0524. The molecule has 3 atom stereocenters. The Morgan fingerprint density at radius 1 is 0.655 bits per heavy atom. The highest BCUT2D eigenvalue weighted by Crippen LogP contribution is 2.51. The van der Waals surface area contributed by atoms with Gasteiger partial charge in [-0.05, 0) is 111 Å². The Morgan fingerprint density at radius 3 is 1.63 bits per heavy atom. The predicted octanol–water partition coefficient (Wildman–Crippen LogP) is 10.7. The summed E-state index contributed by atoms with van der Waals surface area (Å²) in [6.45, 7) is 5.51. The number of halogens is 2. The maximum absolute atomic E-state index is 16.3. The lowest BCUT2D eigenvalue weighted by Crippen LogP contribution is -2.34. The third-order valence-corrected chi connectivity index (χ3v) is 17.1. The fourth-order valence-electron chi connectivity index (χ4n) is 12.9. The number of pyridine rings is 2. The van der Waals surface area contributed by atoms with Gasteiger partial charge >= 0.3 is 5.97 Å². The number of rotatable bonds is 10. The summed E-state index contributed by atoms with van der Waals surface area (Å²) >= 11 is 0. The van der Waals surface area contributed by atoms with Gasteiger partial charge in [0.15, 0.2) is 34.6 Å². The monoisotopic (exact) mass is 1130 g/mol. The van der Waals surface area contributed by atoms with Crippen LogP contribution in [-0.2, 0) is 4.74 Å². The number of ether oxygens (including phenoxy) is 3.